The summed E-state index contributed by atoms with van der Waals surface area (Å²) >= 11 is 5.35. The first-order valence-electron chi connectivity index (χ1n) is 5.87. The first-order chi connectivity index (χ1) is 8.26. The summed E-state index contributed by atoms with van der Waals surface area (Å²) in [7, 11) is 1.75. The van der Waals surface area contributed by atoms with E-state index in [1.807, 2.05) is 17.8 Å². The van der Waals surface area contributed by atoms with Gasteiger partial charge in [0, 0.05) is 28.3 Å². The van der Waals surface area contributed by atoms with Gasteiger partial charge in [-0.1, -0.05) is 28.9 Å². The Hall–Kier alpha value is -0.0300. The number of benzene rings is 1. The van der Waals surface area contributed by atoms with Crippen molar-refractivity contribution in [1.82, 2.24) is 5.32 Å². The molecule has 0 amide bonds. The maximum Gasteiger partial charge on any atom is 0.0624 e. The van der Waals surface area contributed by atoms with Gasteiger partial charge in [0.05, 0.1) is 6.61 Å². The molecule has 2 nitrogen and oxygen atoms in total. The smallest absolute Gasteiger partial charge is 0.0624 e. The van der Waals surface area contributed by atoms with Crippen LogP contribution < -0.4 is 5.32 Å². The second-order valence-corrected chi connectivity index (χ2v) is 5.88. The Labute approximate surface area is 117 Å². The zero-order valence-electron chi connectivity index (χ0n) is 10.4. The number of methoxy groups -OCH3 is 1. The molecule has 0 bridgehead atoms. The molecule has 0 spiro atoms. The van der Waals surface area contributed by atoms with E-state index in [1.165, 1.54) is 4.90 Å². The Morgan fingerprint density at radius 1 is 1.47 bits per heavy atom. The van der Waals surface area contributed by atoms with Crippen LogP contribution in [0.2, 0.25) is 0 Å². The van der Waals surface area contributed by atoms with Gasteiger partial charge in [-0.05, 0) is 31.2 Å². The van der Waals surface area contributed by atoms with E-state index in [0.717, 1.165) is 29.8 Å². The van der Waals surface area contributed by atoms with E-state index in [9.17, 15) is 0 Å². The molecule has 96 valence electrons. The zero-order valence-corrected chi connectivity index (χ0v) is 12.8. The molecule has 0 heterocycles. The molecule has 0 aliphatic carbocycles. The number of hydrogen-bond acceptors (Lipinski definition) is 3. The summed E-state index contributed by atoms with van der Waals surface area (Å²) in [6.07, 6.45) is 1.15. The van der Waals surface area contributed by atoms with Gasteiger partial charge in [0.1, 0.15) is 0 Å². The quantitative estimate of drug-likeness (QED) is 0.741. The van der Waals surface area contributed by atoms with Gasteiger partial charge < -0.3 is 10.1 Å². The van der Waals surface area contributed by atoms with Gasteiger partial charge in [-0.15, -0.1) is 11.8 Å². The standard InChI is InChI=1S/C13H20BrNOS/c1-3-7-15-12(9-16-2)10-17-13-6-4-5-11(14)8-13/h4-6,8,12,15H,3,7,9-10H2,1-2H3. The minimum atomic E-state index is 0.420. The third-order valence-electron chi connectivity index (χ3n) is 2.30. The average Bonchev–Trinajstić information content (AvgIpc) is 2.33. The highest BCUT2D eigenvalue weighted by Crippen LogP contribution is 2.22. The molecular weight excluding hydrogens is 298 g/mol. The van der Waals surface area contributed by atoms with Gasteiger partial charge >= 0.3 is 0 Å². The summed E-state index contributed by atoms with van der Waals surface area (Å²) in [4.78, 5) is 1.29. The third-order valence-corrected chi connectivity index (χ3v) is 3.95. The van der Waals surface area contributed by atoms with E-state index >= 15 is 0 Å². The lowest BCUT2D eigenvalue weighted by Gasteiger charge is -2.17. The summed E-state index contributed by atoms with van der Waals surface area (Å²) in [6.45, 7) is 3.99. The molecule has 0 saturated heterocycles. The lowest BCUT2D eigenvalue weighted by atomic mass is 10.3. The van der Waals surface area contributed by atoms with Crippen molar-refractivity contribution in [3.05, 3.63) is 28.7 Å². The number of halogens is 1. The lowest BCUT2D eigenvalue weighted by Crippen LogP contribution is -2.35. The fraction of sp³-hybridized carbons (Fsp3) is 0.538. The monoisotopic (exact) mass is 317 g/mol. The van der Waals surface area contributed by atoms with E-state index in [2.05, 4.69) is 46.4 Å². The topological polar surface area (TPSA) is 21.3 Å². The molecule has 0 aliphatic heterocycles. The predicted molar refractivity (Wildman–Crippen MR) is 78.8 cm³/mol. The van der Waals surface area contributed by atoms with Crippen molar-refractivity contribution in [3.63, 3.8) is 0 Å². The van der Waals surface area contributed by atoms with E-state index in [4.69, 9.17) is 4.74 Å². The number of thioether (sulfide) groups is 1. The summed E-state index contributed by atoms with van der Waals surface area (Å²) in [5.41, 5.74) is 0. The van der Waals surface area contributed by atoms with Crippen LogP contribution >= 0.6 is 27.7 Å². The molecule has 1 aromatic carbocycles. The first kappa shape index (κ1) is 15.0. The molecule has 1 N–H and O–H groups in total. The molecule has 1 atom stereocenters. The number of ether oxygens (including phenoxy) is 1. The van der Waals surface area contributed by atoms with Crippen LogP contribution in [0.25, 0.3) is 0 Å². The van der Waals surface area contributed by atoms with Crippen LogP contribution in [-0.2, 0) is 4.74 Å². The SMILES string of the molecule is CCCNC(COC)CSc1cccc(Br)c1. The van der Waals surface area contributed by atoms with Gasteiger partial charge in [0.15, 0.2) is 0 Å². The molecule has 1 unspecified atom stereocenters. The largest absolute Gasteiger partial charge is 0.383 e. The molecule has 4 heteroatoms. The minimum absolute atomic E-state index is 0.420. The highest BCUT2D eigenvalue weighted by atomic mass is 79.9. The van der Waals surface area contributed by atoms with Gasteiger partial charge in [-0.25, -0.2) is 0 Å². The van der Waals surface area contributed by atoms with Crippen molar-refractivity contribution >= 4 is 27.7 Å². The van der Waals surface area contributed by atoms with E-state index in [0.29, 0.717) is 6.04 Å². The van der Waals surface area contributed by atoms with Crippen LogP contribution in [0.15, 0.2) is 33.6 Å². The average molecular weight is 318 g/mol. The Morgan fingerprint density at radius 2 is 2.29 bits per heavy atom. The van der Waals surface area contributed by atoms with Gasteiger partial charge in [0.25, 0.3) is 0 Å². The van der Waals surface area contributed by atoms with Crippen LogP contribution in [0.4, 0.5) is 0 Å². The van der Waals surface area contributed by atoms with Crippen LogP contribution in [0.5, 0.6) is 0 Å². The van der Waals surface area contributed by atoms with Crippen molar-refractivity contribution in [2.75, 3.05) is 26.0 Å². The highest BCUT2D eigenvalue weighted by Gasteiger charge is 2.07. The molecule has 0 aliphatic rings. The van der Waals surface area contributed by atoms with E-state index in [1.54, 1.807) is 7.11 Å². The van der Waals surface area contributed by atoms with Gasteiger partial charge in [0.2, 0.25) is 0 Å². The van der Waals surface area contributed by atoms with Crippen LogP contribution in [0.3, 0.4) is 0 Å². The summed E-state index contributed by atoms with van der Waals surface area (Å²) in [5, 5.41) is 3.50. The number of hydrogen-bond donors (Lipinski definition) is 1. The molecule has 17 heavy (non-hydrogen) atoms. The van der Waals surface area contributed by atoms with Gasteiger partial charge in [-0.3, -0.25) is 0 Å². The summed E-state index contributed by atoms with van der Waals surface area (Å²) in [6, 6.07) is 8.82. The summed E-state index contributed by atoms with van der Waals surface area (Å²) < 4.78 is 6.36. The number of nitrogens with one attached hydrogen (secondary N) is 1. The Kier molecular flexibility index (Phi) is 7.93. The minimum Gasteiger partial charge on any atom is -0.383 e. The van der Waals surface area contributed by atoms with Crippen molar-refractivity contribution in [1.29, 1.82) is 0 Å². The maximum absolute atomic E-state index is 5.23. The second-order valence-electron chi connectivity index (χ2n) is 3.87. The fourth-order valence-corrected chi connectivity index (χ4v) is 3.01. The second kappa shape index (κ2) is 8.97. The molecule has 0 fully saturated rings. The Morgan fingerprint density at radius 3 is 2.94 bits per heavy atom. The first-order valence-corrected chi connectivity index (χ1v) is 7.64. The van der Waals surface area contributed by atoms with Gasteiger partial charge in [-0.2, -0.15) is 0 Å². The fourth-order valence-electron chi connectivity index (χ4n) is 1.47. The van der Waals surface area contributed by atoms with Crippen molar-refractivity contribution in [2.24, 2.45) is 0 Å². The highest BCUT2D eigenvalue weighted by molar-refractivity contribution is 9.10. The van der Waals surface area contributed by atoms with E-state index in [-0.39, 0.29) is 0 Å². The normalized spacial score (nSPS) is 12.6. The number of rotatable bonds is 8. The lowest BCUT2D eigenvalue weighted by molar-refractivity contribution is 0.174. The third kappa shape index (κ3) is 6.46. The van der Waals surface area contributed by atoms with Crippen molar-refractivity contribution in [3.8, 4) is 0 Å². The maximum atomic E-state index is 5.23. The predicted octanol–water partition coefficient (Wildman–Crippen LogP) is 3.56. The Balaban J connectivity index is 2.39. The van der Waals surface area contributed by atoms with E-state index < -0.39 is 0 Å². The molecular formula is C13H20BrNOS. The van der Waals surface area contributed by atoms with Crippen LogP contribution in [-0.4, -0.2) is 32.1 Å². The molecule has 0 radical (unpaired) electrons. The molecule has 0 saturated carbocycles. The van der Waals surface area contributed by atoms with Crippen LogP contribution in [0.1, 0.15) is 13.3 Å². The summed E-state index contributed by atoms with van der Waals surface area (Å²) in [5.74, 6) is 1.03. The zero-order chi connectivity index (χ0) is 12.5. The van der Waals surface area contributed by atoms with Crippen molar-refractivity contribution < 1.29 is 4.74 Å². The molecule has 0 aromatic heterocycles. The van der Waals surface area contributed by atoms with Crippen molar-refractivity contribution in [2.45, 2.75) is 24.3 Å². The Bertz CT molecular complexity index is 322. The van der Waals surface area contributed by atoms with Crippen LogP contribution in [0, 0.1) is 0 Å². The molecule has 1 rings (SSSR count). The molecule has 1 aromatic rings.